The molecule has 1 aliphatic rings. The Labute approximate surface area is 85.2 Å². The molecule has 0 spiro atoms. The minimum atomic E-state index is -0.365. The van der Waals surface area contributed by atoms with Crippen molar-refractivity contribution >= 4 is 0 Å². The average Bonchev–Trinajstić information content (AvgIpc) is 2.08. The Morgan fingerprint density at radius 3 is 2.64 bits per heavy atom. The molecule has 1 heterocycles. The van der Waals surface area contributed by atoms with Crippen LogP contribution in [0, 0.1) is 0 Å². The summed E-state index contributed by atoms with van der Waals surface area (Å²) in [5.41, 5.74) is 0. The first-order valence-corrected chi connectivity index (χ1v) is 5.29. The first-order valence-electron chi connectivity index (χ1n) is 5.29. The van der Waals surface area contributed by atoms with Gasteiger partial charge in [0.05, 0.1) is 25.4 Å². The van der Waals surface area contributed by atoms with Gasteiger partial charge >= 0.3 is 0 Å². The molecule has 1 N–H and O–H groups in total. The van der Waals surface area contributed by atoms with Gasteiger partial charge in [0.15, 0.2) is 0 Å². The topological polar surface area (TPSA) is 47.9 Å². The zero-order valence-electron chi connectivity index (χ0n) is 8.78. The molecule has 0 aromatic rings. The third-order valence-electron chi connectivity index (χ3n) is 2.30. The molecule has 2 unspecified atom stereocenters. The first kappa shape index (κ1) is 11.9. The molecule has 1 rings (SSSR count). The SMILES string of the molecule is CCOCCOCCC(O)C1CCO1. The van der Waals surface area contributed by atoms with Gasteiger partial charge in [0.1, 0.15) is 0 Å². The molecule has 2 atom stereocenters. The van der Waals surface area contributed by atoms with Gasteiger partial charge in [-0.1, -0.05) is 0 Å². The van der Waals surface area contributed by atoms with E-state index in [9.17, 15) is 5.11 Å². The van der Waals surface area contributed by atoms with E-state index in [4.69, 9.17) is 14.2 Å². The van der Waals surface area contributed by atoms with Crippen LogP contribution in [-0.2, 0) is 14.2 Å². The third-order valence-corrected chi connectivity index (χ3v) is 2.30. The predicted octanol–water partition coefficient (Wildman–Crippen LogP) is 0.579. The molecule has 14 heavy (non-hydrogen) atoms. The molecule has 4 heteroatoms. The lowest BCUT2D eigenvalue weighted by Gasteiger charge is -2.30. The summed E-state index contributed by atoms with van der Waals surface area (Å²) in [6.45, 7) is 5.28. The lowest BCUT2D eigenvalue weighted by molar-refractivity contribution is -0.123. The van der Waals surface area contributed by atoms with Gasteiger partial charge in [-0.05, 0) is 19.8 Å². The number of ether oxygens (including phenoxy) is 3. The highest BCUT2D eigenvalue weighted by Gasteiger charge is 2.25. The van der Waals surface area contributed by atoms with E-state index in [1.165, 1.54) is 0 Å². The van der Waals surface area contributed by atoms with E-state index < -0.39 is 0 Å². The second-order valence-electron chi connectivity index (χ2n) is 3.36. The van der Waals surface area contributed by atoms with Crippen LogP contribution in [0.15, 0.2) is 0 Å². The van der Waals surface area contributed by atoms with Crippen LogP contribution in [0.1, 0.15) is 19.8 Å². The van der Waals surface area contributed by atoms with Crippen molar-refractivity contribution in [3.63, 3.8) is 0 Å². The van der Waals surface area contributed by atoms with E-state index in [1.54, 1.807) is 0 Å². The van der Waals surface area contributed by atoms with Crippen molar-refractivity contribution in [3.05, 3.63) is 0 Å². The Hall–Kier alpha value is -0.160. The zero-order valence-corrected chi connectivity index (χ0v) is 8.78. The summed E-state index contributed by atoms with van der Waals surface area (Å²) in [6.07, 6.45) is 1.30. The number of aliphatic hydroxyl groups is 1. The quantitative estimate of drug-likeness (QED) is 0.587. The zero-order chi connectivity index (χ0) is 10.2. The summed E-state index contributed by atoms with van der Waals surface area (Å²) in [6, 6.07) is 0. The Morgan fingerprint density at radius 1 is 1.36 bits per heavy atom. The molecule has 1 fully saturated rings. The van der Waals surface area contributed by atoms with Gasteiger partial charge in [-0.25, -0.2) is 0 Å². The van der Waals surface area contributed by atoms with Crippen molar-refractivity contribution in [1.29, 1.82) is 0 Å². The van der Waals surface area contributed by atoms with E-state index in [-0.39, 0.29) is 12.2 Å². The van der Waals surface area contributed by atoms with Crippen LogP contribution in [-0.4, -0.2) is 50.3 Å². The summed E-state index contributed by atoms with van der Waals surface area (Å²) in [5, 5.41) is 9.54. The van der Waals surface area contributed by atoms with Crippen LogP contribution in [0.25, 0.3) is 0 Å². The summed E-state index contributed by atoms with van der Waals surface area (Å²) in [5.74, 6) is 0. The van der Waals surface area contributed by atoms with Crippen LogP contribution < -0.4 is 0 Å². The summed E-state index contributed by atoms with van der Waals surface area (Å²) in [7, 11) is 0. The fourth-order valence-corrected chi connectivity index (χ4v) is 1.31. The van der Waals surface area contributed by atoms with Crippen LogP contribution in [0.2, 0.25) is 0 Å². The maximum absolute atomic E-state index is 9.54. The number of hydrogen-bond donors (Lipinski definition) is 1. The van der Waals surface area contributed by atoms with E-state index in [0.717, 1.165) is 19.6 Å². The third kappa shape index (κ3) is 4.37. The maximum Gasteiger partial charge on any atom is 0.0856 e. The van der Waals surface area contributed by atoms with Crippen molar-refractivity contribution in [2.75, 3.05) is 33.0 Å². The van der Waals surface area contributed by atoms with Gasteiger partial charge in [0.2, 0.25) is 0 Å². The average molecular weight is 204 g/mol. The Bertz CT molecular complexity index is 136. The number of rotatable bonds is 8. The first-order chi connectivity index (χ1) is 6.84. The van der Waals surface area contributed by atoms with E-state index >= 15 is 0 Å². The van der Waals surface area contributed by atoms with E-state index in [1.807, 2.05) is 6.92 Å². The van der Waals surface area contributed by atoms with Gasteiger partial charge in [-0.2, -0.15) is 0 Å². The molecule has 0 saturated carbocycles. The Morgan fingerprint density at radius 2 is 2.07 bits per heavy atom. The molecule has 0 bridgehead atoms. The minimum Gasteiger partial charge on any atom is -0.390 e. The molecule has 0 aromatic carbocycles. The van der Waals surface area contributed by atoms with Crippen LogP contribution >= 0.6 is 0 Å². The second-order valence-corrected chi connectivity index (χ2v) is 3.36. The molecule has 1 aliphatic heterocycles. The van der Waals surface area contributed by atoms with Crippen molar-refractivity contribution in [2.24, 2.45) is 0 Å². The fraction of sp³-hybridized carbons (Fsp3) is 1.00. The molecular weight excluding hydrogens is 184 g/mol. The van der Waals surface area contributed by atoms with Gasteiger partial charge in [0.25, 0.3) is 0 Å². The lowest BCUT2D eigenvalue weighted by atomic mass is 10.0. The highest BCUT2D eigenvalue weighted by atomic mass is 16.5. The molecule has 0 amide bonds. The maximum atomic E-state index is 9.54. The summed E-state index contributed by atoms with van der Waals surface area (Å²) < 4.78 is 15.6. The Kier molecular flexibility index (Phi) is 6.10. The van der Waals surface area contributed by atoms with Gasteiger partial charge in [-0.15, -0.1) is 0 Å². The molecule has 84 valence electrons. The summed E-state index contributed by atoms with van der Waals surface area (Å²) in [4.78, 5) is 0. The molecule has 0 radical (unpaired) electrons. The van der Waals surface area contributed by atoms with E-state index in [0.29, 0.717) is 26.2 Å². The van der Waals surface area contributed by atoms with Crippen molar-refractivity contribution in [2.45, 2.75) is 32.0 Å². The lowest BCUT2D eigenvalue weighted by Crippen LogP contribution is -2.38. The highest BCUT2D eigenvalue weighted by molar-refractivity contribution is 4.74. The van der Waals surface area contributed by atoms with E-state index in [2.05, 4.69) is 0 Å². The van der Waals surface area contributed by atoms with Crippen LogP contribution in [0.3, 0.4) is 0 Å². The van der Waals surface area contributed by atoms with Crippen molar-refractivity contribution < 1.29 is 19.3 Å². The van der Waals surface area contributed by atoms with Gasteiger partial charge in [0, 0.05) is 19.8 Å². The van der Waals surface area contributed by atoms with Gasteiger partial charge in [-0.3, -0.25) is 0 Å². The Balaban J connectivity index is 1.82. The normalized spacial score (nSPS) is 23.1. The molecule has 0 aromatic heterocycles. The molecule has 4 nitrogen and oxygen atoms in total. The molecular formula is C10H20O4. The smallest absolute Gasteiger partial charge is 0.0856 e. The summed E-state index contributed by atoms with van der Waals surface area (Å²) >= 11 is 0. The largest absolute Gasteiger partial charge is 0.390 e. The minimum absolute atomic E-state index is 0.0468. The van der Waals surface area contributed by atoms with Crippen LogP contribution in [0.5, 0.6) is 0 Å². The monoisotopic (exact) mass is 204 g/mol. The van der Waals surface area contributed by atoms with Crippen molar-refractivity contribution in [3.8, 4) is 0 Å². The molecule has 0 aliphatic carbocycles. The number of aliphatic hydroxyl groups excluding tert-OH is 1. The highest BCUT2D eigenvalue weighted by Crippen LogP contribution is 2.16. The predicted molar refractivity (Wildman–Crippen MR) is 52.3 cm³/mol. The second kappa shape index (κ2) is 7.17. The number of hydrogen-bond acceptors (Lipinski definition) is 4. The van der Waals surface area contributed by atoms with Crippen LogP contribution in [0.4, 0.5) is 0 Å². The molecule has 1 saturated heterocycles. The van der Waals surface area contributed by atoms with Gasteiger partial charge < -0.3 is 19.3 Å². The standard InChI is InChI=1S/C10H20O4/c1-2-12-7-8-13-5-3-9(11)10-4-6-14-10/h9-11H,2-8H2,1H3. The fourth-order valence-electron chi connectivity index (χ4n) is 1.31. The van der Waals surface area contributed by atoms with Crippen molar-refractivity contribution in [1.82, 2.24) is 0 Å².